The predicted octanol–water partition coefficient (Wildman–Crippen LogP) is 4.59. The highest BCUT2D eigenvalue weighted by Crippen LogP contribution is 2.35. The van der Waals surface area contributed by atoms with Gasteiger partial charge in [0.1, 0.15) is 24.0 Å². The number of hydrogen-bond donors (Lipinski definition) is 2. The summed E-state index contributed by atoms with van der Waals surface area (Å²) in [5.74, 6) is -3.52. The summed E-state index contributed by atoms with van der Waals surface area (Å²) in [7, 11) is 0. The number of nitrogens with one attached hydrogen (secondary N) is 2. The maximum Gasteiger partial charge on any atom is 0.490 e. The molecule has 3 heterocycles. The summed E-state index contributed by atoms with van der Waals surface area (Å²) in [4.78, 5) is 28.3. The zero-order chi connectivity index (χ0) is 29.5. The van der Waals surface area contributed by atoms with E-state index in [0.29, 0.717) is 25.5 Å². The van der Waals surface area contributed by atoms with Gasteiger partial charge < -0.3 is 15.4 Å². The van der Waals surface area contributed by atoms with Gasteiger partial charge in [-0.15, -0.1) is 0 Å². The van der Waals surface area contributed by atoms with Crippen molar-refractivity contribution in [3.63, 3.8) is 0 Å². The van der Waals surface area contributed by atoms with E-state index in [1.807, 2.05) is 5.32 Å². The number of carbonyl (C=O) groups is 2. The quantitative estimate of drug-likeness (QED) is 0.320. The topological polar surface area (TPSA) is 115 Å². The molecule has 3 aromatic rings. The Morgan fingerprint density at radius 1 is 1.05 bits per heavy atom. The Morgan fingerprint density at radius 3 is 2.40 bits per heavy atom. The minimum absolute atomic E-state index is 0.0129. The van der Waals surface area contributed by atoms with E-state index in [1.54, 1.807) is 0 Å². The number of hydrogen-bond acceptors (Lipinski definition) is 7. The zero-order valence-electron chi connectivity index (χ0n) is 19.9. The van der Waals surface area contributed by atoms with Crippen LogP contribution in [-0.2, 0) is 22.3 Å². The molecule has 1 fully saturated rings. The molecule has 0 unspecified atom stereocenters. The first-order valence-corrected chi connectivity index (χ1v) is 11.4. The Kier molecular flexibility index (Phi) is 7.59. The Balaban J connectivity index is 1.56. The monoisotopic (exact) mass is 587 g/mol. The lowest BCUT2D eigenvalue weighted by Gasteiger charge is -2.32. The molecule has 40 heavy (non-hydrogen) atoms. The van der Waals surface area contributed by atoms with Crippen LogP contribution in [0.2, 0.25) is 0 Å². The summed E-state index contributed by atoms with van der Waals surface area (Å²) in [5, 5.41) is 11.5. The van der Waals surface area contributed by atoms with Crippen LogP contribution in [0.5, 0.6) is 0 Å². The number of anilines is 2. The molecule has 0 bridgehead atoms. The van der Waals surface area contributed by atoms with Crippen LogP contribution in [0.3, 0.4) is 0 Å². The summed E-state index contributed by atoms with van der Waals surface area (Å²) in [6.07, 6.45) is -12.2. The first kappa shape index (κ1) is 28.9. The van der Waals surface area contributed by atoms with Crippen molar-refractivity contribution in [2.75, 3.05) is 10.6 Å². The third kappa shape index (κ3) is 6.74. The van der Waals surface area contributed by atoms with Crippen molar-refractivity contribution in [3.8, 4) is 0 Å². The molecule has 1 aliphatic carbocycles. The average molecular weight is 587 g/mol. The third-order valence-corrected chi connectivity index (χ3v) is 5.76. The Bertz CT molecular complexity index is 1400. The highest BCUT2D eigenvalue weighted by atomic mass is 19.4. The molecule has 1 saturated carbocycles. The normalized spacial score (nSPS) is 18.5. The third-order valence-electron chi connectivity index (χ3n) is 5.76. The molecule has 1 amide bonds. The van der Waals surface area contributed by atoms with Gasteiger partial charge in [-0.3, -0.25) is 9.48 Å². The van der Waals surface area contributed by atoms with Gasteiger partial charge in [-0.05, 0) is 25.3 Å². The molecule has 19 heteroatoms. The highest BCUT2D eigenvalue weighted by Gasteiger charge is 2.44. The minimum Gasteiger partial charge on any atom is -0.454 e. The van der Waals surface area contributed by atoms with E-state index < -0.39 is 60.5 Å². The van der Waals surface area contributed by atoms with Gasteiger partial charge in [-0.25, -0.2) is 14.3 Å². The van der Waals surface area contributed by atoms with Crippen molar-refractivity contribution in [1.29, 1.82) is 0 Å². The first-order valence-electron chi connectivity index (χ1n) is 11.4. The average Bonchev–Trinajstić information content (AvgIpc) is 3.42. The van der Waals surface area contributed by atoms with Crippen molar-refractivity contribution in [2.24, 2.45) is 0 Å². The van der Waals surface area contributed by atoms with Gasteiger partial charge in [-0.1, -0.05) is 6.42 Å². The molecular weight excluding hydrogens is 569 g/mol. The maximum atomic E-state index is 13.4. The molecule has 1 aliphatic rings. The summed E-state index contributed by atoms with van der Waals surface area (Å²) in [5.41, 5.74) is -3.36. The summed E-state index contributed by atoms with van der Waals surface area (Å²) in [6.45, 7) is -1.83. The standard InChI is InChI=1S/C21H18F9N7O3/c22-19(23,24)9-36-8-12(15(35-36)20(25,26)27)33-17(38)10-7-31-37-6-5-14(34-16(10)37)32-11-3-1-2-4-13(11)40-18(39)21(28,29)30/h5-8,11,13H,1-4,9H2,(H,32,34)(H,33,38)/t11-,13+/m1/s1. The van der Waals surface area contributed by atoms with Crippen molar-refractivity contribution >= 4 is 29.0 Å². The summed E-state index contributed by atoms with van der Waals surface area (Å²) in [6, 6.07) is 0.575. The number of amides is 1. The Morgan fingerprint density at radius 2 is 1.75 bits per heavy atom. The van der Waals surface area contributed by atoms with Crippen LogP contribution < -0.4 is 10.6 Å². The number of carbonyl (C=O) groups excluding carboxylic acids is 2. The smallest absolute Gasteiger partial charge is 0.454 e. The van der Waals surface area contributed by atoms with Gasteiger partial charge in [-0.2, -0.15) is 49.7 Å². The van der Waals surface area contributed by atoms with Crippen LogP contribution in [0.4, 0.5) is 51.0 Å². The number of ether oxygens (including phenoxy) is 1. The van der Waals surface area contributed by atoms with Crippen molar-refractivity contribution in [1.82, 2.24) is 24.4 Å². The highest BCUT2D eigenvalue weighted by molar-refractivity contribution is 6.08. The van der Waals surface area contributed by atoms with E-state index in [1.165, 1.54) is 12.3 Å². The summed E-state index contributed by atoms with van der Waals surface area (Å²) < 4.78 is 122. The van der Waals surface area contributed by atoms with Crippen molar-refractivity contribution in [3.05, 3.63) is 35.9 Å². The van der Waals surface area contributed by atoms with Crippen molar-refractivity contribution in [2.45, 2.75) is 62.9 Å². The number of fused-ring (bicyclic) bond motifs is 1. The Labute approximate surface area is 217 Å². The largest absolute Gasteiger partial charge is 0.490 e. The van der Waals surface area contributed by atoms with E-state index in [9.17, 15) is 49.1 Å². The molecule has 0 aromatic carbocycles. The van der Waals surface area contributed by atoms with E-state index >= 15 is 0 Å². The second kappa shape index (κ2) is 10.5. The fourth-order valence-corrected chi connectivity index (χ4v) is 4.08. The van der Waals surface area contributed by atoms with Crippen molar-refractivity contribution < 1.29 is 53.8 Å². The number of esters is 1. The molecule has 0 aliphatic heterocycles. The molecule has 0 radical (unpaired) electrons. The van der Waals surface area contributed by atoms with E-state index in [-0.39, 0.29) is 28.1 Å². The molecule has 3 aromatic heterocycles. The molecule has 0 saturated heterocycles. The fraction of sp³-hybridized carbons (Fsp3) is 0.476. The number of alkyl halides is 9. The van der Waals surface area contributed by atoms with Crippen LogP contribution in [0.1, 0.15) is 41.7 Å². The second-order valence-corrected chi connectivity index (χ2v) is 8.77. The van der Waals surface area contributed by atoms with Gasteiger partial charge in [0.05, 0.1) is 17.9 Å². The van der Waals surface area contributed by atoms with Gasteiger partial charge in [0.25, 0.3) is 5.91 Å². The SMILES string of the molecule is O=C(Nc1cn(CC(F)(F)F)nc1C(F)(F)F)c1cnn2ccc(N[C@@H]3CCCC[C@@H]3OC(=O)C(F)(F)F)nc12. The van der Waals surface area contributed by atoms with Crippen LogP contribution in [-0.4, -0.2) is 60.8 Å². The number of nitrogens with zero attached hydrogens (tertiary/aromatic N) is 5. The predicted molar refractivity (Wildman–Crippen MR) is 116 cm³/mol. The minimum atomic E-state index is -5.19. The van der Waals surface area contributed by atoms with Gasteiger partial charge in [0.15, 0.2) is 11.3 Å². The summed E-state index contributed by atoms with van der Waals surface area (Å²) >= 11 is 0. The van der Waals surface area contributed by atoms with E-state index in [4.69, 9.17) is 0 Å². The number of aromatic nitrogens is 5. The molecule has 4 rings (SSSR count). The number of rotatable bonds is 6. The van der Waals surface area contributed by atoms with E-state index in [0.717, 1.165) is 10.7 Å². The Hall–Kier alpha value is -4.06. The molecule has 218 valence electrons. The first-order chi connectivity index (χ1) is 18.5. The lowest BCUT2D eigenvalue weighted by molar-refractivity contribution is -0.206. The molecule has 0 spiro atoms. The number of halogens is 9. The van der Waals surface area contributed by atoms with E-state index in [2.05, 4.69) is 25.2 Å². The van der Waals surface area contributed by atoms with Crippen LogP contribution >= 0.6 is 0 Å². The molecule has 2 N–H and O–H groups in total. The molecule has 10 nitrogen and oxygen atoms in total. The zero-order valence-corrected chi connectivity index (χ0v) is 19.9. The lowest BCUT2D eigenvalue weighted by Crippen LogP contribution is -2.42. The van der Waals surface area contributed by atoms with Gasteiger partial charge in [0, 0.05) is 12.4 Å². The van der Waals surface area contributed by atoms with Crippen LogP contribution in [0.15, 0.2) is 24.7 Å². The van der Waals surface area contributed by atoms with Gasteiger partial charge in [0.2, 0.25) is 0 Å². The molecule has 2 atom stereocenters. The van der Waals surface area contributed by atoms with Crippen LogP contribution in [0.25, 0.3) is 5.65 Å². The second-order valence-electron chi connectivity index (χ2n) is 8.77. The molecular formula is C21H18F9N7O3. The van der Waals surface area contributed by atoms with Gasteiger partial charge >= 0.3 is 24.5 Å². The van der Waals surface area contributed by atoms with Crippen LogP contribution in [0, 0.1) is 0 Å². The fourth-order valence-electron chi connectivity index (χ4n) is 4.08. The maximum absolute atomic E-state index is 13.4. The lowest BCUT2D eigenvalue weighted by atomic mass is 9.92.